The number of hydrogen-bond donors (Lipinski definition) is 2. The number of rotatable bonds is 4. The zero-order chi connectivity index (χ0) is 14.9. The van der Waals surface area contributed by atoms with Crippen LogP contribution in [0.5, 0.6) is 0 Å². The van der Waals surface area contributed by atoms with Gasteiger partial charge < -0.3 is 20.9 Å². The standard InChI is InChI=1S/C12H14N2O4S2/c1-3-17-10(15)8-6(13)5-7(14)9(11(16)18-4-2)20-12(5)19-8/h3-4,13-14H2,1-2H3. The lowest BCUT2D eigenvalue weighted by Gasteiger charge is -2.02. The normalized spacial score (nSPS) is 10.7. The summed E-state index contributed by atoms with van der Waals surface area (Å²) in [6.45, 7) is 3.98. The van der Waals surface area contributed by atoms with Crippen molar-refractivity contribution in [2.24, 2.45) is 0 Å². The van der Waals surface area contributed by atoms with E-state index < -0.39 is 11.9 Å². The molecule has 2 aromatic heterocycles. The first-order chi connectivity index (χ1) is 9.51. The van der Waals surface area contributed by atoms with Crippen LogP contribution in [-0.2, 0) is 9.47 Å². The fourth-order valence-electron chi connectivity index (χ4n) is 1.71. The summed E-state index contributed by atoms with van der Waals surface area (Å²) < 4.78 is 10.6. The largest absolute Gasteiger partial charge is 0.462 e. The van der Waals surface area contributed by atoms with E-state index in [1.54, 1.807) is 13.8 Å². The van der Waals surface area contributed by atoms with E-state index in [2.05, 4.69) is 0 Å². The first kappa shape index (κ1) is 14.6. The number of anilines is 2. The number of fused-ring (bicyclic) bond motifs is 1. The maximum atomic E-state index is 11.7. The molecule has 0 aliphatic carbocycles. The van der Waals surface area contributed by atoms with Gasteiger partial charge >= 0.3 is 11.9 Å². The van der Waals surface area contributed by atoms with E-state index in [0.717, 1.165) is 0 Å². The topological polar surface area (TPSA) is 105 Å². The molecule has 2 aromatic rings. The van der Waals surface area contributed by atoms with Crippen molar-refractivity contribution >= 4 is 55.4 Å². The predicted molar refractivity (Wildman–Crippen MR) is 80.4 cm³/mol. The summed E-state index contributed by atoms with van der Waals surface area (Å²) in [4.78, 5) is 24.1. The first-order valence-corrected chi connectivity index (χ1v) is 7.58. The molecule has 0 spiro atoms. The van der Waals surface area contributed by atoms with Crippen molar-refractivity contribution in [3.63, 3.8) is 0 Å². The van der Waals surface area contributed by atoms with Gasteiger partial charge in [0, 0.05) is 0 Å². The van der Waals surface area contributed by atoms with Crippen molar-refractivity contribution in [2.45, 2.75) is 13.8 Å². The van der Waals surface area contributed by atoms with Crippen LogP contribution in [0.25, 0.3) is 9.40 Å². The summed E-state index contributed by atoms with van der Waals surface area (Å²) in [6.07, 6.45) is 0. The summed E-state index contributed by atoms with van der Waals surface area (Å²) in [6, 6.07) is 0. The van der Waals surface area contributed by atoms with Gasteiger partial charge in [0.05, 0.1) is 34.0 Å². The molecular formula is C12H14N2O4S2. The Morgan fingerprint density at radius 1 is 0.950 bits per heavy atom. The number of carbonyl (C=O) groups is 2. The van der Waals surface area contributed by atoms with E-state index in [-0.39, 0.29) is 24.6 Å². The number of nitrogens with two attached hydrogens (primary N) is 2. The van der Waals surface area contributed by atoms with Gasteiger partial charge in [0.1, 0.15) is 9.75 Å². The summed E-state index contributed by atoms with van der Waals surface area (Å²) in [7, 11) is 0. The quantitative estimate of drug-likeness (QED) is 0.840. The molecule has 20 heavy (non-hydrogen) atoms. The average molecular weight is 314 g/mol. The number of thiophene rings is 2. The predicted octanol–water partition coefficient (Wildman–Crippen LogP) is 2.48. The van der Waals surface area contributed by atoms with Gasteiger partial charge in [-0.25, -0.2) is 9.59 Å². The van der Waals surface area contributed by atoms with Crippen molar-refractivity contribution in [3.8, 4) is 0 Å². The van der Waals surface area contributed by atoms with E-state index in [9.17, 15) is 9.59 Å². The minimum Gasteiger partial charge on any atom is -0.462 e. The Morgan fingerprint density at radius 2 is 1.35 bits per heavy atom. The minimum atomic E-state index is -0.476. The Morgan fingerprint density at radius 3 is 1.65 bits per heavy atom. The number of hydrogen-bond acceptors (Lipinski definition) is 8. The molecule has 0 unspecified atom stereocenters. The lowest BCUT2D eigenvalue weighted by molar-refractivity contribution is 0.0524. The van der Waals surface area contributed by atoms with Crippen LogP contribution < -0.4 is 11.5 Å². The van der Waals surface area contributed by atoms with E-state index in [1.807, 2.05) is 0 Å². The van der Waals surface area contributed by atoms with Crippen LogP contribution in [0.4, 0.5) is 11.4 Å². The highest BCUT2D eigenvalue weighted by Crippen LogP contribution is 2.45. The van der Waals surface area contributed by atoms with Crippen molar-refractivity contribution in [3.05, 3.63) is 9.75 Å². The van der Waals surface area contributed by atoms with Gasteiger partial charge in [-0.2, -0.15) is 0 Å². The van der Waals surface area contributed by atoms with Gasteiger partial charge in [-0.05, 0) is 13.8 Å². The lowest BCUT2D eigenvalue weighted by Crippen LogP contribution is -2.06. The van der Waals surface area contributed by atoms with Gasteiger partial charge in [-0.1, -0.05) is 0 Å². The third-order valence-electron chi connectivity index (χ3n) is 2.54. The second kappa shape index (κ2) is 5.68. The van der Waals surface area contributed by atoms with Gasteiger partial charge in [0.2, 0.25) is 0 Å². The molecule has 0 radical (unpaired) electrons. The number of nitrogen functional groups attached to an aromatic ring is 2. The molecule has 6 nitrogen and oxygen atoms in total. The summed E-state index contributed by atoms with van der Waals surface area (Å²) in [5.41, 5.74) is 12.4. The summed E-state index contributed by atoms with van der Waals surface area (Å²) >= 11 is 2.35. The van der Waals surface area contributed by atoms with Gasteiger partial charge in [-0.3, -0.25) is 0 Å². The Balaban J connectivity index is 2.49. The number of carbonyl (C=O) groups excluding carboxylic acids is 2. The molecule has 0 saturated carbocycles. The fraction of sp³-hybridized carbons (Fsp3) is 0.333. The summed E-state index contributed by atoms with van der Waals surface area (Å²) in [5.74, 6) is -0.953. The van der Waals surface area contributed by atoms with Crippen molar-refractivity contribution < 1.29 is 19.1 Å². The smallest absolute Gasteiger partial charge is 0.350 e. The third kappa shape index (κ3) is 2.32. The molecule has 0 aliphatic heterocycles. The molecule has 0 bridgehead atoms. The molecule has 2 heterocycles. The monoisotopic (exact) mass is 314 g/mol. The molecule has 0 aliphatic rings. The molecule has 0 fully saturated rings. The highest BCUT2D eigenvalue weighted by molar-refractivity contribution is 7.40. The number of ether oxygens (including phenoxy) is 2. The lowest BCUT2D eigenvalue weighted by atomic mass is 10.2. The molecule has 0 saturated heterocycles. The van der Waals surface area contributed by atoms with Gasteiger partial charge in [0.25, 0.3) is 0 Å². The highest BCUT2D eigenvalue weighted by atomic mass is 32.2. The highest BCUT2D eigenvalue weighted by Gasteiger charge is 2.25. The second-order valence-electron chi connectivity index (χ2n) is 3.79. The maximum absolute atomic E-state index is 11.7. The zero-order valence-corrected chi connectivity index (χ0v) is 12.7. The van der Waals surface area contributed by atoms with Crippen LogP contribution in [0.2, 0.25) is 0 Å². The SMILES string of the molecule is CCOC(=O)c1sc2sc(C(=O)OCC)c(N)c2c1N. The molecule has 4 N–H and O–H groups in total. The Bertz CT molecular complexity index is 621. The summed E-state index contributed by atoms with van der Waals surface area (Å²) in [5, 5.41) is 0.533. The Hall–Kier alpha value is -1.80. The van der Waals surface area contributed by atoms with Crippen LogP contribution in [0.3, 0.4) is 0 Å². The molecule has 0 atom stereocenters. The van der Waals surface area contributed by atoms with Gasteiger partial charge in [0.15, 0.2) is 0 Å². The van der Waals surface area contributed by atoms with Gasteiger partial charge in [-0.15, -0.1) is 22.7 Å². The van der Waals surface area contributed by atoms with Crippen LogP contribution >= 0.6 is 22.7 Å². The molecular weight excluding hydrogens is 300 g/mol. The molecule has 108 valence electrons. The minimum absolute atomic E-state index is 0.257. The first-order valence-electron chi connectivity index (χ1n) is 5.95. The van der Waals surface area contributed by atoms with E-state index in [4.69, 9.17) is 20.9 Å². The van der Waals surface area contributed by atoms with Crippen molar-refractivity contribution in [1.82, 2.24) is 0 Å². The molecule has 8 heteroatoms. The van der Waals surface area contributed by atoms with E-state index in [0.29, 0.717) is 19.2 Å². The molecule has 2 rings (SSSR count). The Labute approximate surface area is 123 Å². The fourth-order valence-corrected chi connectivity index (χ4v) is 4.10. The van der Waals surface area contributed by atoms with E-state index in [1.165, 1.54) is 22.7 Å². The Kier molecular flexibility index (Phi) is 4.15. The van der Waals surface area contributed by atoms with Crippen LogP contribution in [-0.4, -0.2) is 25.2 Å². The van der Waals surface area contributed by atoms with Crippen LogP contribution in [0, 0.1) is 0 Å². The zero-order valence-electron chi connectivity index (χ0n) is 11.0. The van der Waals surface area contributed by atoms with E-state index >= 15 is 0 Å². The van der Waals surface area contributed by atoms with Crippen LogP contribution in [0.15, 0.2) is 0 Å². The second-order valence-corrected chi connectivity index (χ2v) is 6.09. The third-order valence-corrected chi connectivity index (χ3v) is 5.00. The molecule has 0 aromatic carbocycles. The molecule has 0 amide bonds. The van der Waals surface area contributed by atoms with Crippen molar-refractivity contribution in [1.29, 1.82) is 0 Å². The average Bonchev–Trinajstić information content (AvgIpc) is 2.89. The number of esters is 2. The maximum Gasteiger partial charge on any atom is 0.350 e. The van der Waals surface area contributed by atoms with Crippen LogP contribution in [0.1, 0.15) is 33.2 Å². The van der Waals surface area contributed by atoms with Crippen molar-refractivity contribution in [2.75, 3.05) is 24.7 Å².